The number of hydrogen-bond donors (Lipinski definition) is 1. The summed E-state index contributed by atoms with van der Waals surface area (Å²) < 4.78 is 16.9. The molecule has 4 rings (SSSR count). The molecule has 1 amide bonds. The highest BCUT2D eigenvalue weighted by atomic mass is 35.5. The minimum absolute atomic E-state index is 0.00853. The van der Waals surface area contributed by atoms with Crippen molar-refractivity contribution in [1.29, 1.82) is 0 Å². The molecule has 1 N–H and O–H groups in total. The van der Waals surface area contributed by atoms with Gasteiger partial charge in [0.2, 0.25) is 0 Å². The molecule has 0 spiro atoms. The quantitative estimate of drug-likeness (QED) is 0.216. The molecule has 0 saturated heterocycles. The van der Waals surface area contributed by atoms with Gasteiger partial charge in [-0.05, 0) is 94.5 Å². The Morgan fingerprint density at radius 1 is 1.10 bits per heavy atom. The van der Waals surface area contributed by atoms with Gasteiger partial charge < -0.3 is 24.2 Å². The lowest BCUT2D eigenvalue weighted by Gasteiger charge is -2.37. The summed E-state index contributed by atoms with van der Waals surface area (Å²) >= 11 is 12.1. The molecule has 8 nitrogen and oxygen atoms in total. The van der Waals surface area contributed by atoms with E-state index in [0.717, 1.165) is 17.5 Å². The summed E-state index contributed by atoms with van der Waals surface area (Å²) in [7, 11) is 0. The number of amides is 1. The van der Waals surface area contributed by atoms with E-state index in [2.05, 4.69) is 4.98 Å². The largest absolute Gasteiger partial charge is 0.462 e. The Morgan fingerprint density at radius 3 is 2.56 bits per heavy atom. The van der Waals surface area contributed by atoms with Crippen molar-refractivity contribution in [3.63, 3.8) is 0 Å². The average Bonchev–Trinajstić information content (AvgIpc) is 2.92. The molecule has 0 unspecified atom stereocenters. The van der Waals surface area contributed by atoms with E-state index in [1.165, 1.54) is 6.20 Å². The molecule has 0 bridgehead atoms. The Kier molecular flexibility index (Phi) is 9.79. The molecule has 1 aliphatic rings. The van der Waals surface area contributed by atoms with Gasteiger partial charge in [0.25, 0.3) is 0 Å². The molecule has 1 aliphatic carbocycles. The third-order valence-corrected chi connectivity index (χ3v) is 7.29. The Hall–Kier alpha value is -3.33. The van der Waals surface area contributed by atoms with E-state index in [-0.39, 0.29) is 29.4 Å². The van der Waals surface area contributed by atoms with Crippen molar-refractivity contribution in [2.75, 3.05) is 13.2 Å². The van der Waals surface area contributed by atoms with Gasteiger partial charge in [0, 0.05) is 17.8 Å². The summed E-state index contributed by atoms with van der Waals surface area (Å²) in [6.07, 6.45) is 1.86. The van der Waals surface area contributed by atoms with Crippen molar-refractivity contribution >= 4 is 35.3 Å². The molecule has 2 aromatic carbocycles. The molecule has 0 fully saturated rings. The van der Waals surface area contributed by atoms with E-state index >= 15 is 0 Å². The van der Waals surface area contributed by atoms with Crippen LogP contribution in [-0.2, 0) is 22.3 Å². The number of aryl methyl sites for hydroxylation is 1. The van der Waals surface area contributed by atoms with E-state index in [1.54, 1.807) is 62.9 Å². The highest BCUT2D eigenvalue weighted by Crippen LogP contribution is 2.32. The number of carbonyl (C=O) groups is 2. The number of ether oxygens (including phenoxy) is 3. The average molecular weight is 602 g/mol. The maximum Gasteiger partial charge on any atom is 0.410 e. The zero-order valence-corrected chi connectivity index (χ0v) is 25.0. The van der Waals surface area contributed by atoms with E-state index in [4.69, 9.17) is 37.4 Å². The Morgan fingerprint density at radius 2 is 1.85 bits per heavy atom. The van der Waals surface area contributed by atoms with Gasteiger partial charge in [-0.1, -0.05) is 35.3 Å². The standard InChI is InChI=1S/C31H34Cl2N2O6/c1-5-39-29(37)20-7-6-8-24(14-20)40-25-12-10-19-9-11-23(13-21(19)15-25)35(30(38)41-31(2,3)4)18-27(36)22-16-26(32)28(33)34-17-22/h6-8,10,12,14-17,23,27,36H,5,9,11,13,18H2,1-4H3/t23-,27-/m0/s1. The Bertz CT molecular complexity index is 1410. The molecule has 1 aromatic heterocycles. The van der Waals surface area contributed by atoms with Gasteiger partial charge in [0.15, 0.2) is 0 Å². The molecule has 10 heteroatoms. The second-order valence-electron chi connectivity index (χ2n) is 10.9. The van der Waals surface area contributed by atoms with Crippen LogP contribution < -0.4 is 4.74 Å². The van der Waals surface area contributed by atoms with Crippen LogP contribution in [0.3, 0.4) is 0 Å². The molecule has 3 aromatic rings. The first kappa shape index (κ1) is 30.6. The van der Waals surface area contributed by atoms with Crippen molar-refractivity contribution in [3.8, 4) is 11.5 Å². The molecule has 0 aliphatic heterocycles. The number of rotatable bonds is 8. The van der Waals surface area contributed by atoms with Crippen LogP contribution in [0.15, 0.2) is 54.7 Å². The lowest BCUT2D eigenvalue weighted by molar-refractivity contribution is 0.00191. The molecule has 2 atom stereocenters. The Balaban J connectivity index is 1.55. The van der Waals surface area contributed by atoms with E-state index in [1.807, 2.05) is 18.2 Å². The fraction of sp³-hybridized carbons (Fsp3) is 0.387. The minimum atomic E-state index is -1.05. The number of benzene rings is 2. The van der Waals surface area contributed by atoms with Crippen LogP contribution in [0, 0.1) is 0 Å². The second kappa shape index (κ2) is 13.1. The number of fused-ring (bicyclic) bond motifs is 1. The number of pyridine rings is 1. The highest BCUT2D eigenvalue weighted by molar-refractivity contribution is 6.41. The van der Waals surface area contributed by atoms with Crippen LogP contribution >= 0.6 is 23.2 Å². The number of hydrogen-bond acceptors (Lipinski definition) is 7. The summed E-state index contributed by atoms with van der Waals surface area (Å²) in [5.41, 5.74) is 2.33. The van der Waals surface area contributed by atoms with Crippen molar-refractivity contribution in [1.82, 2.24) is 9.88 Å². The second-order valence-corrected chi connectivity index (χ2v) is 11.6. The van der Waals surface area contributed by atoms with Gasteiger partial charge in [-0.25, -0.2) is 14.6 Å². The Labute approximate surface area is 250 Å². The van der Waals surface area contributed by atoms with Crippen LogP contribution in [0.25, 0.3) is 0 Å². The lowest BCUT2D eigenvalue weighted by Crippen LogP contribution is -2.47. The number of carbonyl (C=O) groups excluding carboxylic acids is 2. The van der Waals surface area contributed by atoms with Crippen LogP contribution in [0.2, 0.25) is 10.2 Å². The molecule has 218 valence electrons. The SMILES string of the molecule is CCOC(=O)c1cccc(Oc2ccc3c(c2)C[C@@H](N(C[C@H](O)c2cnc(Cl)c(Cl)c2)C(=O)OC(C)(C)C)CC3)c1. The van der Waals surface area contributed by atoms with E-state index in [9.17, 15) is 14.7 Å². The summed E-state index contributed by atoms with van der Waals surface area (Å²) in [5.74, 6) is 0.708. The maximum atomic E-state index is 13.4. The highest BCUT2D eigenvalue weighted by Gasteiger charge is 2.33. The summed E-state index contributed by atoms with van der Waals surface area (Å²) in [6, 6.07) is 14.0. The van der Waals surface area contributed by atoms with Crippen LogP contribution in [0.4, 0.5) is 4.79 Å². The number of aromatic nitrogens is 1. The predicted molar refractivity (Wildman–Crippen MR) is 157 cm³/mol. The zero-order valence-electron chi connectivity index (χ0n) is 23.5. The normalized spacial score (nSPS) is 15.4. The van der Waals surface area contributed by atoms with Gasteiger partial charge >= 0.3 is 12.1 Å². The van der Waals surface area contributed by atoms with Crippen LogP contribution in [0.5, 0.6) is 11.5 Å². The summed E-state index contributed by atoms with van der Waals surface area (Å²) in [4.78, 5) is 31.1. The van der Waals surface area contributed by atoms with E-state index in [0.29, 0.717) is 35.5 Å². The monoisotopic (exact) mass is 600 g/mol. The molecular weight excluding hydrogens is 567 g/mol. The summed E-state index contributed by atoms with van der Waals surface area (Å²) in [5, 5.41) is 11.4. The molecule has 1 heterocycles. The zero-order chi connectivity index (χ0) is 29.7. The van der Waals surface area contributed by atoms with Gasteiger partial charge in [0.05, 0.1) is 29.8 Å². The molecular formula is C31H34Cl2N2O6. The van der Waals surface area contributed by atoms with Crippen molar-refractivity contribution < 1.29 is 28.9 Å². The van der Waals surface area contributed by atoms with Gasteiger partial charge in [0.1, 0.15) is 22.3 Å². The minimum Gasteiger partial charge on any atom is -0.462 e. The topological polar surface area (TPSA) is 98.2 Å². The third-order valence-electron chi connectivity index (χ3n) is 6.60. The van der Waals surface area contributed by atoms with Crippen molar-refractivity contribution in [2.45, 2.75) is 64.7 Å². The fourth-order valence-corrected chi connectivity index (χ4v) is 4.96. The van der Waals surface area contributed by atoms with Crippen molar-refractivity contribution in [2.24, 2.45) is 0 Å². The fourth-order valence-electron chi connectivity index (χ4n) is 4.68. The number of esters is 1. The van der Waals surface area contributed by atoms with Gasteiger partial charge in [-0.2, -0.15) is 0 Å². The van der Waals surface area contributed by atoms with Crippen LogP contribution in [-0.4, -0.2) is 51.8 Å². The number of aliphatic hydroxyl groups is 1. The predicted octanol–water partition coefficient (Wildman–Crippen LogP) is 7.19. The van der Waals surface area contributed by atoms with Gasteiger partial charge in [-0.15, -0.1) is 0 Å². The van der Waals surface area contributed by atoms with E-state index < -0.39 is 23.8 Å². The first-order chi connectivity index (χ1) is 19.4. The first-order valence-corrected chi connectivity index (χ1v) is 14.2. The number of aliphatic hydroxyl groups excluding tert-OH is 1. The number of halogens is 2. The smallest absolute Gasteiger partial charge is 0.410 e. The van der Waals surface area contributed by atoms with Gasteiger partial charge in [-0.3, -0.25) is 0 Å². The maximum absolute atomic E-state index is 13.4. The molecule has 0 radical (unpaired) electrons. The lowest BCUT2D eigenvalue weighted by atomic mass is 9.87. The van der Waals surface area contributed by atoms with Crippen LogP contribution in [0.1, 0.15) is 67.3 Å². The summed E-state index contributed by atoms with van der Waals surface area (Å²) in [6.45, 7) is 7.45. The molecule has 41 heavy (non-hydrogen) atoms. The third kappa shape index (κ3) is 8.12. The molecule has 0 saturated carbocycles. The first-order valence-electron chi connectivity index (χ1n) is 13.5. The number of nitrogens with zero attached hydrogens (tertiary/aromatic N) is 2. The van der Waals surface area contributed by atoms with Crippen molar-refractivity contribution in [3.05, 3.63) is 87.2 Å².